The predicted molar refractivity (Wildman–Crippen MR) is 74.2 cm³/mol. The molecule has 0 bridgehead atoms. The number of nitrogens with one attached hydrogen (secondary N) is 1. The van der Waals surface area contributed by atoms with E-state index in [9.17, 15) is 9.90 Å². The molecule has 1 aromatic rings. The van der Waals surface area contributed by atoms with Gasteiger partial charge in [0.25, 0.3) is 0 Å². The number of aryl methyl sites for hydroxylation is 1. The van der Waals surface area contributed by atoms with E-state index < -0.39 is 6.10 Å². The summed E-state index contributed by atoms with van der Waals surface area (Å²) in [6, 6.07) is -0.244. The van der Waals surface area contributed by atoms with Gasteiger partial charge >= 0.3 is 0 Å². The Labute approximate surface area is 119 Å². The number of nitrogens with zero attached hydrogens (tertiary/aromatic N) is 2. The lowest BCUT2D eigenvalue weighted by Crippen LogP contribution is -2.48. The van der Waals surface area contributed by atoms with Crippen molar-refractivity contribution in [3.05, 3.63) is 18.0 Å². The van der Waals surface area contributed by atoms with Crippen molar-refractivity contribution in [2.24, 2.45) is 0 Å². The van der Waals surface area contributed by atoms with E-state index in [1.807, 2.05) is 13.1 Å². The number of rotatable bonds is 4. The summed E-state index contributed by atoms with van der Waals surface area (Å²) in [5.74, 6) is -0.131. The van der Waals surface area contributed by atoms with Crippen LogP contribution in [0.25, 0.3) is 0 Å². The first-order chi connectivity index (χ1) is 9.60. The topological polar surface area (TPSA) is 76.4 Å². The van der Waals surface area contributed by atoms with E-state index in [2.05, 4.69) is 10.4 Å². The molecule has 1 aromatic heterocycles. The summed E-state index contributed by atoms with van der Waals surface area (Å²) in [5.41, 5.74) is 1.02. The SMILES string of the molecule is CO[C@@H]1CCCC[C@@H](NC(=O)Cn2cc(C)cn2)[C@H]1O. The highest BCUT2D eigenvalue weighted by Crippen LogP contribution is 2.20. The van der Waals surface area contributed by atoms with Gasteiger partial charge in [0.2, 0.25) is 5.91 Å². The number of carbonyl (C=O) groups excluding carboxylic acids is 1. The first kappa shape index (κ1) is 15.0. The van der Waals surface area contributed by atoms with Gasteiger partial charge in [0, 0.05) is 13.3 Å². The average molecular weight is 281 g/mol. The Morgan fingerprint density at radius 2 is 2.30 bits per heavy atom. The summed E-state index contributed by atoms with van der Waals surface area (Å²) in [4.78, 5) is 12.0. The van der Waals surface area contributed by atoms with Gasteiger partial charge in [-0.05, 0) is 25.3 Å². The molecular weight excluding hydrogens is 258 g/mol. The lowest BCUT2D eigenvalue weighted by molar-refractivity contribution is -0.124. The second kappa shape index (κ2) is 6.85. The van der Waals surface area contributed by atoms with Crippen molar-refractivity contribution in [2.45, 2.75) is 57.4 Å². The van der Waals surface area contributed by atoms with Crippen molar-refractivity contribution >= 4 is 5.91 Å². The minimum Gasteiger partial charge on any atom is -0.388 e. The maximum atomic E-state index is 12.0. The smallest absolute Gasteiger partial charge is 0.242 e. The predicted octanol–water partition coefficient (Wildman–Crippen LogP) is 0.626. The molecule has 0 radical (unpaired) electrons. The van der Waals surface area contributed by atoms with Crippen molar-refractivity contribution in [2.75, 3.05) is 7.11 Å². The standard InChI is InChI=1S/C14H23N3O3/c1-10-7-15-17(8-10)9-13(18)16-11-5-3-4-6-12(20-2)14(11)19/h7-8,11-12,14,19H,3-6,9H2,1-2H3,(H,16,18)/t11-,12-,14-/m1/s1. The van der Waals surface area contributed by atoms with Crippen LogP contribution < -0.4 is 5.32 Å². The maximum absolute atomic E-state index is 12.0. The highest BCUT2D eigenvalue weighted by molar-refractivity contribution is 5.76. The number of aromatic nitrogens is 2. The Hall–Kier alpha value is -1.40. The van der Waals surface area contributed by atoms with Crippen LogP contribution in [0, 0.1) is 6.92 Å². The normalized spacial score (nSPS) is 27.1. The Kier molecular flexibility index (Phi) is 5.14. The third kappa shape index (κ3) is 3.80. The zero-order chi connectivity index (χ0) is 14.5. The van der Waals surface area contributed by atoms with Crippen LogP contribution in [0.2, 0.25) is 0 Å². The van der Waals surface area contributed by atoms with E-state index in [1.54, 1.807) is 18.0 Å². The van der Waals surface area contributed by atoms with Gasteiger partial charge in [-0.25, -0.2) is 0 Å². The van der Waals surface area contributed by atoms with Gasteiger partial charge in [-0.15, -0.1) is 0 Å². The van der Waals surface area contributed by atoms with Gasteiger partial charge in [-0.3, -0.25) is 9.48 Å². The van der Waals surface area contributed by atoms with Crippen LogP contribution in [0.5, 0.6) is 0 Å². The van der Waals surface area contributed by atoms with Crippen LogP contribution in [-0.2, 0) is 16.1 Å². The number of ether oxygens (including phenoxy) is 1. The van der Waals surface area contributed by atoms with Gasteiger partial charge < -0.3 is 15.2 Å². The quantitative estimate of drug-likeness (QED) is 0.794. The van der Waals surface area contributed by atoms with E-state index in [4.69, 9.17) is 4.74 Å². The zero-order valence-corrected chi connectivity index (χ0v) is 12.1. The number of hydrogen-bond acceptors (Lipinski definition) is 4. The summed E-state index contributed by atoms with van der Waals surface area (Å²) in [7, 11) is 1.60. The number of amides is 1. The molecule has 0 aliphatic heterocycles. The first-order valence-electron chi connectivity index (χ1n) is 7.09. The minimum absolute atomic E-state index is 0.131. The molecule has 0 saturated heterocycles. The summed E-state index contributed by atoms with van der Waals surface area (Å²) in [6.45, 7) is 2.11. The molecule has 6 nitrogen and oxygen atoms in total. The van der Waals surface area contributed by atoms with E-state index in [-0.39, 0.29) is 24.6 Å². The third-order valence-corrected chi connectivity index (χ3v) is 3.76. The highest BCUT2D eigenvalue weighted by atomic mass is 16.5. The van der Waals surface area contributed by atoms with Crippen LogP contribution >= 0.6 is 0 Å². The lowest BCUT2D eigenvalue weighted by atomic mass is 10.0. The number of methoxy groups -OCH3 is 1. The minimum atomic E-state index is -0.647. The molecule has 1 aliphatic rings. The molecule has 1 fully saturated rings. The van der Waals surface area contributed by atoms with Gasteiger partial charge in [-0.2, -0.15) is 5.10 Å². The molecule has 1 aliphatic carbocycles. The molecule has 0 unspecified atom stereocenters. The van der Waals surface area contributed by atoms with Crippen molar-refractivity contribution in [3.8, 4) is 0 Å². The number of aliphatic hydroxyl groups excluding tert-OH is 1. The summed E-state index contributed by atoms with van der Waals surface area (Å²) in [5, 5.41) is 17.3. The Morgan fingerprint density at radius 3 is 2.95 bits per heavy atom. The summed E-state index contributed by atoms with van der Waals surface area (Å²) < 4.78 is 6.90. The Morgan fingerprint density at radius 1 is 1.55 bits per heavy atom. The van der Waals surface area contributed by atoms with Gasteiger partial charge in [0.15, 0.2) is 0 Å². The fourth-order valence-corrected chi connectivity index (χ4v) is 2.68. The fourth-order valence-electron chi connectivity index (χ4n) is 2.68. The molecule has 20 heavy (non-hydrogen) atoms. The van der Waals surface area contributed by atoms with Crippen LogP contribution in [0.3, 0.4) is 0 Å². The first-order valence-corrected chi connectivity index (χ1v) is 7.09. The van der Waals surface area contributed by atoms with E-state index >= 15 is 0 Å². The van der Waals surface area contributed by atoms with Gasteiger partial charge in [-0.1, -0.05) is 12.8 Å². The zero-order valence-electron chi connectivity index (χ0n) is 12.1. The summed E-state index contributed by atoms with van der Waals surface area (Å²) in [6.07, 6.45) is 6.31. The molecule has 3 atom stereocenters. The van der Waals surface area contributed by atoms with Gasteiger partial charge in [0.1, 0.15) is 12.6 Å². The van der Waals surface area contributed by atoms with Crippen molar-refractivity contribution in [3.63, 3.8) is 0 Å². The van der Waals surface area contributed by atoms with Crippen molar-refractivity contribution in [1.29, 1.82) is 0 Å². The third-order valence-electron chi connectivity index (χ3n) is 3.76. The average Bonchev–Trinajstić information content (AvgIpc) is 2.73. The molecule has 1 heterocycles. The molecule has 0 aromatic carbocycles. The van der Waals surface area contributed by atoms with Gasteiger partial charge in [0.05, 0.1) is 18.3 Å². The van der Waals surface area contributed by atoms with Crippen LogP contribution in [0.4, 0.5) is 0 Å². The maximum Gasteiger partial charge on any atom is 0.242 e. The molecule has 0 spiro atoms. The molecule has 2 N–H and O–H groups in total. The largest absolute Gasteiger partial charge is 0.388 e. The van der Waals surface area contributed by atoms with E-state index in [1.165, 1.54) is 0 Å². The molecule has 1 amide bonds. The Balaban J connectivity index is 1.91. The second-order valence-electron chi connectivity index (χ2n) is 5.44. The molecule has 112 valence electrons. The van der Waals surface area contributed by atoms with Crippen LogP contribution in [0.1, 0.15) is 31.2 Å². The van der Waals surface area contributed by atoms with Crippen molar-refractivity contribution in [1.82, 2.24) is 15.1 Å². The summed E-state index contributed by atoms with van der Waals surface area (Å²) >= 11 is 0. The fraction of sp³-hybridized carbons (Fsp3) is 0.714. The number of aliphatic hydroxyl groups is 1. The number of hydrogen-bond donors (Lipinski definition) is 2. The lowest BCUT2D eigenvalue weighted by Gasteiger charge is -2.27. The van der Waals surface area contributed by atoms with Crippen LogP contribution in [-0.4, -0.2) is 46.2 Å². The second-order valence-corrected chi connectivity index (χ2v) is 5.44. The monoisotopic (exact) mass is 281 g/mol. The molecular formula is C14H23N3O3. The molecule has 1 saturated carbocycles. The Bertz CT molecular complexity index is 447. The highest BCUT2D eigenvalue weighted by Gasteiger charge is 2.31. The van der Waals surface area contributed by atoms with E-state index in [0.29, 0.717) is 0 Å². The van der Waals surface area contributed by atoms with Crippen molar-refractivity contribution < 1.29 is 14.6 Å². The number of carbonyl (C=O) groups is 1. The van der Waals surface area contributed by atoms with E-state index in [0.717, 1.165) is 31.2 Å². The molecule has 2 rings (SSSR count). The molecule has 6 heteroatoms. The van der Waals surface area contributed by atoms with Crippen LogP contribution in [0.15, 0.2) is 12.4 Å².